The summed E-state index contributed by atoms with van der Waals surface area (Å²) in [6.45, 7) is 3.97. The molecule has 2 rings (SSSR count). The van der Waals surface area contributed by atoms with E-state index in [0.29, 0.717) is 5.71 Å². The molecule has 104 valence electrons. The lowest BCUT2D eigenvalue weighted by Gasteiger charge is -2.15. The molecule has 4 nitrogen and oxygen atoms in total. The molecule has 1 aliphatic rings. The predicted molar refractivity (Wildman–Crippen MR) is 75.9 cm³/mol. The van der Waals surface area contributed by atoms with Crippen LogP contribution in [0.15, 0.2) is 41.8 Å². The van der Waals surface area contributed by atoms with Gasteiger partial charge in [-0.15, -0.1) is 0 Å². The fourth-order valence-corrected chi connectivity index (χ4v) is 1.85. The molecule has 1 N–H and O–H groups in total. The molecule has 1 atom stereocenters. The summed E-state index contributed by atoms with van der Waals surface area (Å²) in [6.07, 6.45) is 4.24. The van der Waals surface area contributed by atoms with Gasteiger partial charge < -0.3 is 14.7 Å². The predicted octanol–water partition coefficient (Wildman–Crippen LogP) is 2.86. The lowest BCUT2D eigenvalue weighted by atomic mass is 9.98. The number of ether oxygens (including phenoxy) is 1. The smallest absolute Gasteiger partial charge is 0.147 e. The third kappa shape index (κ3) is 3.83. The number of hydrogen-bond donors (Lipinski definition) is 1. The first-order chi connectivity index (χ1) is 9.36. The van der Waals surface area contributed by atoms with E-state index in [1.807, 2.05) is 44.2 Å². The third-order valence-corrected chi connectivity index (χ3v) is 2.65. The van der Waals surface area contributed by atoms with Gasteiger partial charge in [0.25, 0.3) is 0 Å². The zero-order chi connectivity index (χ0) is 14.1. The maximum absolute atomic E-state index is 9.33. The molecule has 0 saturated carbocycles. The molecule has 0 radical (unpaired) electrons. The Morgan fingerprint density at radius 1 is 1.42 bits per heavy atom. The summed E-state index contributed by atoms with van der Waals surface area (Å²) in [5, 5.41) is 13.4. The van der Waals surface area contributed by atoms with Gasteiger partial charge in [-0.05, 0) is 11.6 Å². The second kappa shape index (κ2) is 8.32. The van der Waals surface area contributed by atoms with Crippen molar-refractivity contribution in [3.63, 3.8) is 0 Å². The van der Waals surface area contributed by atoms with Crippen LogP contribution in [0.4, 0.5) is 0 Å². The average molecular weight is 263 g/mol. The molecule has 1 heterocycles. The molecule has 19 heavy (non-hydrogen) atoms. The van der Waals surface area contributed by atoms with Crippen molar-refractivity contribution >= 4 is 5.71 Å². The van der Waals surface area contributed by atoms with Crippen molar-refractivity contribution in [1.82, 2.24) is 0 Å². The first kappa shape index (κ1) is 15.2. The van der Waals surface area contributed by atoms with Crippen molar-refractivity contribution < 1.29 is 14.7 Å². The van der Waals surface area contributed by atoms with Gasteiger partial charge in [0.05, 0.1) is 12.9 Å². The molecule has 0 fully saturated rings. The molecule has 0 aromatic heterocycles. The lowest BCUT2D eigenvalue weighted by molar-refractivity contribution is 0.193. The van der Waals surface area contributed by atoms with E-state index in [4.69, 9.17) is 9.57 Å². The number of oxime groups is 1. The van der Waals surface area contributed by atoms with Crippen molar-refractivity contribution in [2.24, 2.45) is 5.16 Å². The van der Waals surface area contributed by atoms with Crippen LogP contribution in [0, 0.1) is 0 Å². The minimum Gasteiger partial charge on any atom is -0.492 e. The van der Waals surface area contributed by atoms with E-state index in [2.05, 4.69) is 5.16 Å². The molecule has 0 spiro atoms. The second-order valence-corrected chi connectivity index (χ2v) is 3.71. The van der Waals surface area contributed by atoms with Gasteiger partial charge in [-0.2, -0.15) is 0 Å². The number of nitrogens with zero attached hydrogens (tertiary/aromatic N) is 1. The van der Waals surface area contributed by atoms with E-state index < -0.39 is 0 Å². The molecule has 0 saturated heterocycles. The van der Waals surface area contributed by atoms with Crippen molar-refractivity contribution in [2.75, 3.05) is 7.11 Å². The Balaban J connectivity index is 0.000000861. The van der Waals surface area contributed by atoms with E-state index in [0.717, 1.165) is 17.5 Å². The number of hydrogen-bond acceptors (Lipinski definition) is 4. The van der Waals surface area contributed by atoms with Gasteiger partial charge in [0, 0.05) is 12.0 Å². The van der Waals surface area contributed by atoms with Gasteiger partial charge in [-0.3, -0.25) is 0 Å². The molecule has 1 unspecified atom stereocenters. The van der Waals surface area contributed by atoms with Crippen LogP contribution in [0.2, 0.25) is 0 Å². The highest BCUT2D eigenvalue weighted by atomic mass is 16.6. The fourth-order valence-electron chi connectivity index (χ4n) is 1.85. The van der Waals surface area contributed by atoms with Crippen LogP contribution < -0.4 is 0 Å². The van der Waals surface area contributed by atoms with Crippen molar-refractivity contribution in [2.45, 2.75) is 33.0 Å². The van der Waals surface area contributed by atoms with Gasteiger partial charge >= 0.3 is 0 Å². The molecular weight excluding hydrogens is 242 g/mol. The number of aliphatic hydroxyl groups is 1. The van der Waals surface area contributed by atoms with Crippen LogP contribution in [0.3, 0.4) is 0 Å². The number of aliphatic hydroxyl groups excluding tert-OH is 1. The average Bonchev–Trinajstić information content (AvgIpc) is 3.01. The highest BCUT2D eigenvalue weighted by Crippen LogP contribution is 2.19. The summed E-state index contributed by atoms with van der Waals surface area (Å²) in [5.74, 6) is 0. The maximum atomic E-state index is 9.33. The van der Waals surface area contributed by atoms with Crippen LogP contribution in [-0.2, 0) is 16.2 Å². The summed E-state index contributed by atoms with van der Waals surface area (Å²) in [4.78, 5) is 4.87. The van der Waals surface area contributed by atoms with E-state index in [9.17, 15) is 5.11 Å². The van der Waals surface area contributed by atoms with Gasteiger partial charge in [0.1, 0.15) is 18.9 Å². The lowest BCUT2D eigenvalue weighted by Crippen LogP contribution is -2.22. The van der Waals surface area contributed by atoms with Gasteiger partial charge in [0.15, 0.2) is 0 Å². The van der Waals surface area contributed by atoms with E-state index in [-0.39, 0.29) is 12.7 Å². The molecule has 0 aliphatic carbocycles. The first-order valence-corrected chi connectivity index (χ1v) is 6.47. The van der Waals surface area contributed by atoms with Crippen LogP contribution in [0.5, 0.6) is 0 Å². The van der Waals surface area contributed by atoms with Gasteiger partial charge in [-0.25, -0.2) is 0 Å². The van der Waals surface area contributed by atoms with Crippen molar-refractivity contribution in [1.29, 1.82) is 0 Å². The molecule has 4 heteroatoms. The Morgan fingerprint density at radius 3 is 2.74 bits per heavy atom. The van der Waals surface area contributed by atoms with E-state index in [1.165, 1.54) is 7.11 Å². The SMILES string of the molecule is CC.CO/N=C(\c1ccccc1CO)C1CC=CO1. The summed E-state index contributed by atoms with van der Waals surface area (Å²) in [6, 6.07) is 7.56. The quantitative estimate of drug-likeness (QED) is 0.671. The minimum atomic E-state index is -0.136. The molecule has 0 bridgehead atoms. The number of rotatable bonds is 4. The second-order valence-electron chi connectivity index (χ2n) is 3.71. The Kier molecular flexibility index (Phi) is 6.68. The largest absolute Gasteiger partial charge is 0.492 e. The summed E-state index contributed by atoms with van der Waals surface area (Å²) in [7, 11) is 1.50. The number of benzene rings is 1. The summed E-state index contributed by atoms with van der Waals surface area (Å²) in [5.41, 5.74) is 2.39. The van der Waals surface area contributed by atoms with Crippen LogP contribution >= 0.6 is 0 Å². The topological polar surface area (TPSA) is 51.0 Å². The van der Waals surface area contributed by atoms with Crippen LogP contribution in [-0.4, -0.2) is 24.0 Å². The van der Waals surface area contributed by atoms with Crippen molar-refractivity contribution in [3.05, 3.63) is 47.7 Å². The molecule has 1 aromatic carbocycles. The summed E-state index contributed by atoms with van der Waals surface area (Å²) < 4.78 is 5.45. The zero-order valence-corrected chi connectivity index (χ0v) is 11.7. The Morgan fingerprint density at radius 2 is 2.16 bits per heavy atom. The monoisotopic (exact) mass is 263 g/mol. The van der Waals surface area contributed by atoms with Gasteiger partial charge in [0.2, 0.25) is 0 Å². The third-order valence-electron chi connectivity index (χ3n) is 2.65. The maximum Gasteiger partial charge on any atom is 0.147 e. The van der Waals surface area contributed by atoms with Crippen LogP contribution in [0.25, 0.3) is 0 Å². The van der Waals surface area contributed by atoms with Crippen LogP contribution in [0.1, 0.15) is 31.4 Å². The Labute approximate surface area is 114 Å². The van der Waals surface area contributed by atoms with Crippen molar-refractivity contribution in [3.8, 4) is 0 Å². The fraction of sp³-hybridized carbons (Fsp3) is 0.400. The standard InChI is InChI=1S/C13H15NO3.C2H6/c1-16-14-13(12-7-4-8-17-12)11-6-3-2-5-10(11)9-15;1-2/h2-6,8,12,15H,7,9H2,1H3;1-2H3/b14-13+;. The molecule has 0 amide bonds. The normalized spacial score (nSPS) is 17.5. The minimum absolute atomic E-state index is 0.0287. The van der Waals surface area contributed by atoms with E-state index >= 15 is 0 Å². The Hall–Kier alpha value is -1.81. The zero-order valence-electron chi connectivity index (χ0n) is 11.7. The highest BCUT2D eigenvalue weighted by Gasteiger charge is 2.23. The molecule has 1 aromatic rings. The van der Waals surface area contributed by atoms with Gasteiger partial charge in [-0.1, -0.05) is 43.3 Å². The van der Waals surface area contributed by atoms with E-state index in [1.54, 1.807) is 6.26 Å². The molecular formula is C15H21NO3. The Bertz CT molecular complexity index is 433. The highest BCUT2D eigenvalue weighted by molar-refractivity contribution is 6.05. The molecule has 1 aliphatic heterocycles. The first-order valence-electron chi connectivity index (χ1n) is 6.47. The summed E-state index contributed by atoms with van der Waals surface area (Å²) >= 11 is 0.